The molecular weight excluding hydrogens is 261 g/mol. The van der Waals surface area contributed by atoms with E-state index in [4.69, 9.17) is 9.42 Å². The lowest BCUT2D eigenvalue weighted by atomic mass is 9.88. The molecule has 1 fully saturated rings. The molecule has 19 heavy (non-hydrogen) atoms. The molecule has 0 spiro atoms. The molecule has 1 aliphatic carbocycles. The van der Waals surface area contributed by atoms with E-state index in [2.05, 4.69) is 28.7 Å². The van der Waals surface area contributed by atoms with E-state index in [1.54, 1.807) is 18.5 Å². The molecule has 1 aliphatic rings. The predicted octanol–water partition coefficient (Wildman–Crippen LogP) is 2.77. The lowest BCUT2D eigenvalue weighted by Gasteiger charge is -2.40. The van der Waals surface area contributed by atoms with Crippen molar-refractivity contribution in [3.63, 3.8) is 0 Å². The van der Waals surface area contributed by atoms with Crippen molar-refractivity contribution in [2.45, 2.75) is 51.7 Å². The Balaban J connectivity index is 0.000000399. The fourth-order valence-corrected chi connectivity index (χ4v) is 2.00. The lowest BCUT2D eigenvalue weighted by Crippen LogP contribution is -2.46. The minimum Gasteiger partial charge on any atom is -0.352 e. The largest absolute Gasteiger partial charge is 0.352 e. The number of hydrogen-bond acceptors (Lipinski definition) is 5. The van der Waals surface area contributed by atoms with Crippen molar-refractivity contribution in [1.82, 2.24) is 9.97 Å². The van der Waals surface area contributed by atoms with Gasteiger partial charge in [0.25, 0.3) is 0 Å². The van der Waals surface area contributed by atoms with Crippen LogP contribution in [0.15, 0.2) is 18.5 Å². The van der Waals surface area contributed by atoms with Gasteiger partial charge in [0.2, 0.25) is 5.95 Å². The zero-order valence-electron chi connectivity index (χ0n) is 11.9. The Labute approximate surface area is 117 Å². The zero-order valence-corrected chi connectivity index (χ0v) is 12.9. The quantitative estimate of drug-likeness (QED) is 0.843. The van der Waals surface area contributed by atoms with Crippen LogP contribution in [0.25, 0.3) is 0 Å². The average Bonchev–Trinajstić information content (AvgIpc) is 2.43. The fourth-order valence-electron chi connectivity index (χ4n) is 1.66. The molecule has 6 heteroatoms. The number of unbranched alkanes of at least 4 members (excludes halogenated alkanes) is 1. The molecule has 0 aliphatic heterocycles. The molecule has 1 N–H and O–H groups in total. The Morgan fingerprint density at radius 2 is 1.89 bits per heavy atom. The third-order valence-corrected chi connectivity index (χ3v) is 3.64. The maximum absolute atomic E-state index is 8.61. The van der Waals surface area contributed by atoms with Gasteiger partial charge in [-0.15, -0.1) is 0 Å². The van der Waals surface area contributed by atoms with Crippen LogP contribution < -0.4 is 4.90 Å². The summed E-state index contributed by atoms with van der Waals surface area (Å²) in [7, 11) is 1.58. The van der Waals surface area contributed by atoms with Crippen LogP contribution in [0.4, 0.5) is 5.95 Å². The van der Waals surface area contributed by atoms with Crippen molar-refractivity contribution in [2.75, 3.05) is 11.9 Å². The summed E-state index contributed by atoms with van der Waals surface area (Å²) >= 11 is 0. The van der Waals surface area contributed by atoms with Gasteiger partial charge in [0, 0.05) is 25.5 Å². The molecule has 1 saturated carbocycles. The second-order valence-electron chi connectivity index (χ2n) is 4.62. The van der Waals surface area contributed by atoms with E-state index < -0.39 is 9.03 Å². The van der Waals surface area contributed by atoms with Gasteiger partial charge in [0.1, 0.15) is 0 Å². The van der Waals surface area contributed by atoms with Crippen LogP contribution in [0.1, 0.15) is 39.5 Å². The maximum atomic E-state index is 8.61. The highest BCUT2D eigenvalue weighted by Gasteiger charge is 2.33. The van der Waals surface area contributed by atoms with E-state index in [0.717, 1.165) is 18.8 Å². The van der Waals surface area contributed by atoms with Crippen LogP contribution in [0, 0.1) is 0 Å². The van der Waals surface area contributed by atoms with Crippen LogP contribution in [0.5, 0.6) is 0 Å². The van der Waals surface area contributed by atoms with Crippen molar-refractivity contribution < 1.29 is 9.42 Å². The second kappa shape index (κ2) is 9.18. The molecule has 108 valence electrons. The number of anilines is 1. The van der Waals surface area contributed by atoms with Gasteiger partial charge >= 0.3 is 0 Å². The first-order valence-electron chi connectivity index (χ1n) is 6.77. The van der Waals surface area contributed by atoms with Crippen molar-refractivity contribution >= 4 is 15.0 Å². The van der Waals surface area contributed by atoms with E-state index >= 15 is 0 Å². The fraction of sp³-hybridized carbons (Fsp3) is 0.692. The van der Waals surface area contributed by atoms with Gasteiger partial charge < -0.3 is 14.3 Å². The van der Waals surface area contributed by atoms with E-state index in [0.29, 0.717) is 6.04 Å². The summed E-state index contributed by atoms with van der Waals surface area (Å²) < 4.78 is 5.11. The normalized spacial score (nSPS) is 21.7. The second-order valence-corrected chi connectivity index (χ2v) is 5.03. The number of hydrogen-bond donors (Lipinski definition) is 1. The van der Waals surface area contributed by atoms with E-state index in [1.165, 1.54) is 12.8 Å². The van der Waals surface area contributed by atoms with Gasteiger partial charge in [-0.3, -0.25) is 0 Å². The maximum Gasteiger partial charge on any atom is 0.225 e. The molecule has 0 bridgehead atoms. The summed E-state index contributed by atoms with van der Waals surface area (Å²) in [4.78, 5) is 19.0. The van der Waals surface area contributed by atoms with E-state index in [9.17, 15) is 0 Å². The van der Waals surface area contributed by atoms with Crippen molar-refractivity contribution in [3.05, 3.63) is 18.5 Å². The highest BCUT2D eigenvalue weighted by Crippen LogP contribution is 2.32. The molecule has 0 saturated heterocycles. The lowest BCUT2D eigenvalue weighted by molar-refractivity contribution is 0.106. The molecule has 1 aromatic rings. The van der Waals surface area contributed by atoms with Gasteiger partial charge in [-0.2, -0.15) is 0 Å². The monoisotopic (exact) mass is 285 g/mol. The van der Waals surface area contributed by atoms with Crippen LogP contribution in [-0.4, -0.2) is 34.1 Å². The molecule has 1 aromatic heterocycles. The summed E-state index contributed by atoms with van der Waals surface area (Å²) in [6, 6.07) is 2.23. The van der Waals surface area contributed by atoms with Crippen molar-refractivity contribution in [3.8, 4) is 0 Å². The van der Waals surface area contributed by atoms with Gasteiger partial charge in [-0.25, -0.2) is 9.97 Å². The first-order valence-corrected chi connectivity index (χ1v) is 7.63. The zero-order chi connectivity index (χ0) is 14.1. The first-order chi connectivity index (χ1) is 9.22. The topological polar surface area (TPSA) is 58.5 Å². The van der Waals surface area contributed by atoms with Gasteiger partial charge in [0.15, 0.2) is 9.03 Å². The van der Waals surface area contributed by atoms with Crippen LogP contribution >= 0.6 is 9.03 Å². The SMILES string of the molecule is CCCC.CN(c1ncccn1)C1CC(OPO)C1. The number of nitrogens with zero attached hydrogens (tertiary/aromatic N) is 3. The number of aromatic nitrogens is 2. The van der Waals surface area contributed by atoms with Crippen molar-refractivity contribution in [2.24, 2.45) is 0 Å². The molecule has 1 heterocycles. The van der Waals surface area contributed by atoms with E-state index in [1.807, 2.05) is 7.05 Å². The highest BCUT2D eigenvalue weighted by molar-refractivity contribution is 7.25. The predicted molar refractivity (Wildman–Crippen MR) is 79.4 cm³/mol. The molecule has 5 nitrogen and oxygen atoms in total. The average molecular weight is 285 g/mol. The molecule has 1 atom stereocenters. The summed E-state index contributed by atoms with van der Waals surface area (Å²) in [5.41, 5.74) is 0. The van der Waals surface area contributed by atoms with Crippen LogP contribution in [-0.2, 0) is 4.52 Å². The Hall–Kier alpha value is -0.770. The molecule has 0 amide bonds. The van der Waals surface area contributed by atoms with Crippen molar-refractivity contribution in [1.29, 1.82) is 0 Å². The third kappa shape index (κ3) is 5.39. The molecule has 1 unspecified atom stereocenters. The third-order valence-electron chi connectivity index (χ3n) is 3.20. The van der Waals surface area contributed by atoms with E-state index in [-0.39, 0.29) is 6.10 Å². The highest BCUT2D eigenvalue weighted by atomic mass is 31.1. The Kier molecular flexibility index (Phi) is 7.87. The first kappa shape index (κ1) is 16.3. The minimum atomic E-state index is -0.404. The van der Waals surface area contributed by atoms with Gasteiger partial charge in [0.05, 0.1) is 6.10 Å². The minimum absolute atomic E-state index is 0.199. The smallest absolute Gasteiger partial charge is 0.225 e. The standard InChI is InChI=1S/C9H14N3O2P.C4H10/c1-12(9-10-3-2-4-11-9)7-5-8(6-7)14-15-13;1-3-4-2/h2-4,7-8,13,15H,5-6H2,1H3;3-4H2,1-2H3. The Bertz CT molecular complexity index is 332. The van der Waals surface area contributed by atoms with Gasteiger partial charge in [-0.05, 0) is 18.9 Å². The van der Waals surface area contributed by atoms with Crippen LogP contribution in [0.2, 0.25) is 0 Å². The summed E-state index contributed by atoms with van der Waals surface area (Å²) in [6.07, 6.45) is 8.18. The summed E-state index contributed by atoms with van der Waals surface area (Å²) in [5, 5.41) is 0. The van der Waals surface area contributed by atoms with Crippen LogP contribution in [0.3, 0.4) is 0 Å². The molecular formula is C13H24N3O2P. The molecule has 2 rings (SSSR count). The van der Waals surface area contributed by atoms with Gasteiger partial charge in [-0.1, -0.05) is 26.7 Å². The Morgan fingerprint density at radius 3 is 2.37 bits per heavy atom. The summed E-state index contributed by atoms with van der Waals surface area (Å²) in [5.74, 6) is 0.743. The Morgan fingerprint density at radius 1 is 1.32 bits per heavy atom. The number of rotatable bonds is 5. The molecule has 0 radical (unpaired) electrons. The summed E-state index contributed by atoms with van der Waals surface area (Å²) in [6.45, 7) is 4.36. The molecule has 0 aromatic carbocycles.